The van der Waals surface area contributed by atoms with E-state index in [2.05, 4.69) is 6.92 Å². The van der Waals surface area contributed by atoms with E-state index < -0.39 is 11.6 Å². The van der Waals surface area contributed by atoms with Crippen LogP contribution in [0.1, 0.15) is 117 Å². The quantitative estimate of drug-likeness (QED) is 0.270. The Morgan fingerprint density at radius 3 is 1.68 bits per heavy atom. The zero-order chi connectivity index (χ0) is 27.9. The Kier molecular flexibility index (Phi) is 11.1. The van der Waals surface area contributed by atoms with Crippen LogP contribution in [0, 0.1) is 53.1 Å². The molecule has 0 amide bonds. The molecule has 4 aliphatic carbocycles. The van der Waals surface area contributed by atoms with Gasteiger partial charge in [-0.05, 0) is 138 Å². The minimum Gasteiger partial charge on any atom is -0.491 e. The molecule has 1 aromatic carbocycles. The Morgan fingerprint density at radius 2 is 1.10 bits per heavy atom. The smallest absolute Gasteiger partial charge is 0.204 e. The van der Waals surface area contributed by atoms with Crippen LogP contribution in [0.3, 0.4) is 0 Å². The number of rotatable bonds is 11. The lowest BCUT2D eigenvalue weighted by Gasteiger charge is -2.42. The van der Waals surface area contributed by atoms with Crippen LogP contribution in [0.25, 0.3) is 0 Å². The Labute approximate surface area is 242 Å². The van der Waals surface area contributed by atoms with Gasteiger partial charge in [0.15, 0.2) is 11.5 Å². The molecule has 0 bridgehead atoms. The second-order valence-electron chi connectivity index (χ2n) is 13.8. The number of fused-ring (bicyclic) bond motifs is 1. The molecule has 4 atom stereocenters. The molecule has 4 saturated carbocycles. The van der Waals surface area contributed by atoms with Crippen molar-refractivity contribution in [3.8, 4) is 11.5 Å². The summed E-state index contributed by atoms with van der Waals surface area (Å²) in [6.07, 6.45) is 21.9. The fraction of sp³-hybridized carbons (Fsp3) is 0.829. The lowest BCUT2D eigenvalue weighted by atomic mass is 9.65. The topological polar surface area (TPSA) is 27.7 Å². The molecule has 0 aliphatic heterocycles. The van der Waals surface area contributed by atoms with E-state index >= 15 is 0 Å². The van der Waals surface area contributed by atoms with Gasteiger partial charge in [0.25, 0.3) is 0 Å². The summed E-state index contributed by atoms with van der Waals surface area (Å²) in [5, 5.41) is 0. The third-order valence-electron chi connectivity index (χ3n) is 11.2. The molecule has 40 heavy (non-hydrogen) atoms. The first-order chi connectivity index (χ1) is 19.5. The van der Waals surface area contributed by atoms with Gasteiger partial charge in [-0.1, -0.05) is 32.6 Å². The van der Waals surface area contributed by atoms with Crippen molar-refractivity contribution in [2.75, 3.05) is 19.8 Å². The summed E-state index contributed by atoms with van der Waals surface area (Å²) < 4.78 is 46.1. The standard InChI is InChI=1S/C35H54F2O3/c1-3-5-24-6-10-27(11-7-24)28-14-16-31(17-15-28)39-22-25-8-12-30-21-26(9-13-29(30)20-25)23-40-33-19-18-32(38-4-2)34(36)35(33)37/h18-19,24-31H,3-17,20-23H2,1-2H3. The average Bonchev–Trinajstić information content (AvgIpc) is 2.99. The van der Waals surface area contributed by atoms with E-state index in [4.69, 9.17) is 14.2 Å². The highest BCUT2D eigenvalue weighted by atomic mass is 19.2. The molecule has 0 spiro atoms. The zero-order valence-electron chi connectivity index (χ0n) is 25.2. The second-order valence-corrected chi connectivity index (χ2v) is 13.8. The van der Waals surface area contributed by atoms with E-state index in [1.807, 2.05) is 0 Å². The van der Waals surface area contributed by atoms with Crippen molar-refractivity contribution in [3.05, 3.63) is 23.8 Å². The average molecular weight is 561 g/mol. The molecule has 5 rings (SSSR count). The fourth-order valence-corrected chi connectivity index (χ4v) is 8.84. The van der Waals surface area contributed by atoms with Gasteiger partial charge in [-0.3, -0.25) is 0 Å². The molecule has 4 fully saturated rings. The number of ether oxygens (including phenoxy) is 3. The van der Waals surface area contributed by atoms with Crippen LogP contribution in [0.2, 0.25) is 0 Å². The van der Waals surface area contributed by atoms with Crippen molar-refractivity contribution in [3.63, 3.8) is 0 Å². The summed E-state index contributed by atoms with van der Waals surface area (Å²) in [6.45, 7) is 5.80. The van der Waals surface area contributed by atoms with Crippen molar-refractivity contribution in [2.24, 2.45) is 41.4 Å². The molecule has 226 valence electrons. The van der Waals surface area contributed by atoms with Crippen molar-refractivity contribution >= 4 is 0 Å². The molecule has 1 aromatic rings. The monoisotopic (exact) mass is 560 g/mol. The lowest BCUT2D eigenvalue weighted by Crippen LogP contribution is -2.35. The van der Waals surface area contributed by atoms with E-state index in [9.17, 15) is 8.78 Å². The summed E-state index contributed by atoms with van der Waals surface area (Å²) in [6, 6.07) is 2.95. The molecular weight excluding hydrogens is 506 g/mol. The van der Waals surface area contributed by atoms with Crippen LogP contribution in [0.4, 0.5) is 8.78 Å². The van der Waals surface area contributed by atoms with E-state index in [1.165, 1.54) is 102 Å². The van der Waals surface area contributed by atoms with Gasteiger partial charge in [-0.25, -0.2) is 0 Å². The Hall–Kier alpha value is -1.36. The normalized spacial score (nSPS) is 34.7. The molecule has 3 nitrogen and oxygen atoms in total. The van der Waals surface area contributed by atoms with Crippen LogP contribution in [-0.2, 0) is 4.74 Å². The minimum absolute atomic E-state index is 0.00248. The van der Waals surface area contributed by atoms with E-state index in [1.54, 1.807) is 6.92 Å². The number of hydrogen-bond acceptors (Lipinski definition) is 3. The lowest BCUT2D eigenvalue weighted by molar-refractivity contribution is -0.0286. The van der Waals surface area contributed by atoms with Gasteiger partial charge in [0.2, 0.25) is 11.6 Å². The highest BCUT2D eigenvalue weighted by molar-refractivity contribution is 5.35. The largest absolute Gasteiger partial charge is 0.491 e. The van der Waals surface area contributed by atoms with Crippen LogP contribution in [0.15, 0.2) is 12.1 Å². The summed E-state index contributed by atoms with van der Waals surface area (Å²) in [5.74, 6) is 3.66. The molecule has 0 N–H and O–H groups in total. The van der Waals surface area contributed by atoms with Crippen molar-refractivity contribution < 1.29 is 23.0 Å². The van der Waals surface area contributed by atoms with E-state index in [0.717, 1.165) is 49.0 Å². The maximum atomic E-state index is 14.4. The molecular formula is C35H54F2O3. The first-order valence-electron chi connectivity index (χ1n) is 16.9. The zero-order valence-corrected chi connectivity index (χ0v) is 25.2. The van der Waals surface area contributed by atoms with Gasteiger partial charge in [0, 0.05) is 6.61 Å². The van der Waals surface area contributed by atoms with Crippen LogP contribution < -0.4 is 9.47 Å². The van der Waals surface area contributed by atoms with E-state index in [-0.39, 0.29) is 11.5 Å². The number of hydrogen-bond donors (Lipinski definition) is 0. The fourth-order valence-electron chi connectivity index (χ4n) is 8.84. The van der Waals surface area contributed by atoms with Gasteiger partial charge in [-0.15, -0.1) is 0 Å². The molecule has 0 saturated heterocycles. The number of benzene rings is 1. The van der Waals surface area contributed by atoms with Gasteiger partial charge in [-0.2, -0.15) is 8.78 Å². The predicted octanol–water partition coefficient (Wildman–Crippen LogP) is 9.76. The van der Waals surface area contributed by atoms with Gasteiger partial charge >= 0.3 is 0 Å². The number of halogens is 2. The Morgan fingerprint density at radius 1 is 0.600 bits per heavy atom. The molecule has 0 aromatic heterocycles. The summed E-state index contributed by atoms with van der Waals surface area (Å²) >= 11 is 0. The van der Waals surface area contributed by atoms with Crippen molar-refractivity contribution in [1.82, 2.24) is 0 Å². The van der Waals surface area contributed by atoms with Crippen LogP contribution in [0.5, 0.6) is 11.5 Å². The highest BCUT2D eigenvalue weighted by Crippen LogP contribution is 2.46. The van der Waals surface area contributed by atoms with Crippen LogP contribution >= 0.6 is 0 Å². The molecule has 4 unspecified atom stereocenters. The summed E-state index contributed by atoms with van der Waals surface area (Å²) in [4.78, 5) is 0. The van der Waals surface area contributed by atoms with Gasteiger partial charge in [0.1, 0.15) is 0 Å². The summed E-state index contributed by atoms with van der Waals surface area (Å²) in [5.41, 5.74) is 0. The van der Waals surface area contributed by atoms with Crippen molar-refractivity contribution in [2.45, 2.75) is 123 Å². The molecule has 4 aliphatic rings. The molecule has 5 heteroatoms. The Bertz CT molecular complexity index is 906. The van der Waals surface area contributed by atoms with E-state index in [0.29, 0.717) is 31.2 Å². The Balaban J connectivity index is 0.978. The molecule has 0 radical (unpaired) electrons. The second kappa shape index (κ2) is 14.7. The van der Waals surface area contributed by atoms with Gasteiger partial charge < -0.3 is 14.2 Å². The third-order valence-corrected chi connectivity index (χ3v) is 11.2. The third kappa shape index (κ3) is 7.72. The van der Waals surface area contributed by atoms with Crippen molar-refractivity contribution in [1.29, 1.82) is 0 Å². The first kappa shape index (κ1) is 30.1. The van der Waals surface area contributed by atoms with Gasteiger partial charge in [0.05, 0.1) is 19.3 Å². The maximum Gasteiger partial charge on any atom is 0.204 e. The maximum absolute atomic E-state index is 14.4. The van der Waals surface area contributed by atoms with Crippen LogP contribution in [-0.4, -0.2) is 25.9 Å². The highest BCUT2D eigenvalue weighted by Gasteiger charge is 2.37. The predicted molar refractivity (Wildman–Crippen MR) is 157 cm³/mol. The summed E-state index contributed by atoms with van der Waals surface area (Å²) in [7, 11) is 0. The first-order valence-corrected chi connectivity index (χ1v) is 16.9. The SMILES string of the molecule is CCCC1CCC(C2CCC(OCC3CCC4CC(COc5ccc(OCC)c(F)c5F)CCC4C3)CC2)CC1. The molecule has 0 heterocycles. The minimum atomic E-state index is -0.957.